The molecule has 0 spiro atoms. The van der Waals surface area contributed by atoms with Gasteiger partial charge in [-0.2, -0.15) is 0 Å². The molecule has 1 aromatic rings. The molecule has 0 bridgehead atoms. The van der Waals surface area contributed by atoms with Crippen LogP contribution in [0.5, 0.6) is 0 Å². The third-order valence-corrected chi connectivity index (χ3v) is 4.37. The Kier molecular flexibility index (Phi) is 7.61. The Hall–Kier alpha value is -2.20. The molecule has 0 aliphatic heterocycles. The summed E-state index contributed by atoms with van der Waals surface area (Å²) in [5, 5.41) is 0. The molecule has 134 valence electrons. The fraction of sp³-hybridized carbons (Fsp3) is 0.429. The van der Waals surface area contributed by atoms with Gasteiger partial charge >= 0.3 is 5.97 Å². The maximum Gasteiger partial charge on any atom is 0.341 e. The van der Waals surface area contributed by atoms with Crippen LogP contribution in [0.25, 0.3) is 0 Å². The van der Waals surface area contributed by atoms with Gasteiger partial charge in [0.05, 0.1) is 20.3 Å². The minimum atomic E-state index is -0.491. The predicted octanol–water partition coefficient (Wildman–Crippen LogP) is 4.01. The molecule has 4 nitrogen and oxygen atoms in total. The monoisotopic (exact) mass is 342 g/mol. The Balaban J connectivity index is 1.72. The van der Waals surface area contributed by atoms with Gasteiger partial charge in [0.15, 0.2) is 5.78 Å². The molecule has 0 amide bonds. The van der Waals surface area contributed by atoms with Crippen molar-refractivity contribution in [1.29, 1.82) is 0 Å². The zero-order chi connectivity index (χ0) is 18.1. The Bertz CT molecular complexity index is 643. The van der Waals surface area contributed by atoms with Crippen molar-refractivity contribution in [2.45, 2.75) is 39.2 Å². The van der Waals surface area contributed by atoms with Gasteiger partial charge in [-0.15, -0.1) is 0 Å². The fourth-order valence-corrected chi connectivity index (χ4v) is 2.93. The van der Waals surface area contributed by atoms with Crippen LogP contribution in [0, 0.1) is 5.92 Å². The average molecular weight is 342 g/mol. The third-order valence-electron chi connectivity index (χ3n) is 4.37. The maximum absolute atomic E-state index is 11.8. The highest BCUT2D eigenvalue weighted by atomic mass is 16.5. The van der Waals surface area contributed by atoms with Crippen molar-refractivity contribution in [1.82, 2.24) is 0 Å². The largest absolute Gasteiger partial charge is 0.465 e. The quantitative estimate of drug-likeness (QED) is 0.294. The van der Waals surface area contributed by atoms with Crippen LogP contribution >= 0.6 is 0 Å². The fourth-order valence-electron chi connectivity index (χ4n) is 2.93. The summed E-state index contributed by atoms with van der Waals surface area (Å²) < 4.78 is 10.3. The molecule has 1 aliphatic rings. The van der Waals surface area contributed by atoms with Gasteiger partial charge in [-0.25, -0.2) is 4.79 Å². The molecule has 0 aromatic heterocycles. The Labute approximate surface area is 149 Å². The Morgan fingerprint density at radius 3 is 2.72 bits per heavy atom. The Morgan fingerprint density at radius 1 is 1.24 bits per heavy atom. The minimum Gasteiger partial charge on any atom is -0.465 e. The number of carbonyl (C=O) groups is 2. The van der Waals surface area contributed by atoms with Crippen LogP contribution in [0.2, 0.25) is 0 Å². The molecular weight excluding hydrogens is 316 g/mol. The summed E-state index contributed by atoms with van der Waals surface area (Å²) in [7, 11) is 1.32. The summed E-state index contributed by atoms with van der Waals surface area (Å²) in [6, 6.07) is 10.1. The lowest BCUT2D eigenvalue weighted by atomic mass is 9.98. The van der Waals surface area contributed by atoms with Gasteiger partial charge in [0, 0.05) is 6.42 Å². The van der Waals surface area contributed by atoms with E-state index in [1.54, 1.807) is 0 Å². The normalized spacial score (nSPS) is 15.8. The van der Waals surface area contributed by atoms with Crippen molar-refractivity contribution < 1.29 is 19.1 Å². The molecular formula is C21H26O4. The summed E-state index contributed by atoms with van der Waals surface area (Å²) in [5.74, 6) is -0.211. The topological polar surface area (TPSA) is 52.6 Å². The SMILES string of the molecule is COC(=O)C1=C(CCC(C)/C=C\COCc2ccccc2)CCC1=O. The molecule has 0 saturated carbocycles. The van der Waals surface area contributed by atoms with Crippen molar-refractivity contribution in [3.63, 3.8) is 0 Å². The lowest BCUT2D eigenvalue weighted by molar-refractivity contribution is -0.137. The van der Waals surface area contributed by atoms with Crippen LogP contribution in [0.3, 0.4) is 0 Å². The number of benzene rings is 1. The van der Waals surface area contributed by atoms with E-state index in [2.05, 4.69) is 13.0 Å². The first-order chi connectivity index (χ1) is 12.1. The van der Waals surface area contributed by atoms with Gasteiger partial charge < -0.3 is 9.47 Å². The smallest absolute Gasteiger partial charge is 0.341 e. The van der Waals surface area contributed by atoms with Crippen molar-refractivity contribution in [2.24, 2.45) is 5.92 Å². The van der Waals surface area contributed by atoms with E-state index < -0.39 is 5.97 Å². The number of allylic oxidation sites excluding steroid dienone is 2. The summed E-state index contributed by atoms with van der Waals surface area (Å²) in [4.78, 5) is 23.5. The molecule has 4 heteroatoms. The lowest BCUT2D eigenvalue weighted by Gasteiger charge is -2.08. The van der Waals surface area contributed by atoms with Crippen LogP contribution < -0.4 is 0 Å². The number of ether oxygens (including phenoxy) is 2. The van der Waals surface area contributed by atoms with E-state index in [1.165, 1.54) is 7.11 Å². The van der Waals surface area contributed by atoms with E-state index in [0.717, 1.165) is 24.0 Å². The zero-order valence-corrected chi connectivity index (χ0v) is 15.0. The van der Waals surface area contributed by atoms with E-state index in [1.807, 2.05) is 36.4 Å². The summed E-state index contributed by atoms with van der Waals surface area (Å²) >= 11 is 0. The summed E-state index contributed by atoms with van der Waals surface area (Å²) in [6.45, 7) is 3.31. The van der Waals surface area contributed by atoms with Gasteiger partial charge in [0.25, 0.3) is 0 Å². The molecule has 2 rings (SSSR count). The molecule has 1 aromatic carbocycles. The van der Waals surface area contributed by atoms with E-state index in [9.17, 15) is 9.59 Å². The second-order valence-corrected chi connectivity index (χ2v) is 6.34. The summed E-state index contributed by atoms with van der Waals surface area (Å²) in [6.07, 6.45) is 6.92. The molecule has 1 aliphatic carbocycles. The van der Waals surface area contributed by atoms with E-state index in [0.29, 0.717) is 32.0 Å². The van der Waals surface area contributed by atoms with Gasteiger partial charge in [-0.1, -0.05) is 55.0 Å². The van der Waals surface area contributed by atoms with Gasteiger partial charge in [-0.05, 0) is 30.7 Å². The molecule has 0 fully saturated rings. The van der Waals surface area contributed by atoms with Gasteiger partial charge in [0.2, 0.25) is 0 Å². The highest BCUT2D eigenvalue weighted by Gasteiger charge is 2.28. The first kappa shape index (κ1) is 19.1. The van der Waals surface area contributed by atoms with Crippen LogP contribution in [-0.2, 0) is 25.7 Å². The van der Waals surface area contributed by atoms with Crippen molar-refractivity contribution in [2.75, 3.05) is 13.7 Å². The number of hydrogen-bond donors (Lipinski definition) is 0. The van der Waals surface area contributed by atoms with Crippen molar-refractivity contribution in [3.05, 3.63) is 59.2 Å². The summed E-state index contributed by atoms with van der Waals surface area (Å²) in [5.41, 5.74) is 2.39. The average Bonchev–Trinajstić information content (AvgIpc) is 3.00. The maximum atomic E-state index is 11.8. The third kappa shape index (κ3) is 5.98. The predicted molar refractivity (Wildman–Crippen MR) is 96.9 cm³/mol. The number of carbonyl (C=O) groups excluding carboxylic acids is 2. The molecule has 25 heavy (non-hydrogen) atoms. The number of esters is 1. The second kappa shape index (κ2) is 9.94. The van der Waals surface area contributed by atoms with Gasteiger partial charge in [0.1, 0.15) is 5.57 Å². The number of methoxy groups -OCH3 is 1. The molecule has 0 radical (unpaired) electrons. The van der Waals surface area contributed by atoms with Crippen LogP contribution in [0.15, 0.2) is 53.6 Å². The van der Waals surface area contributed by atoms with Gasteiger partial charge in [-0.3, -0.25) is 4.79 Å². The number of rotatable bonds is 9. The highest BCUT2D eigenvalue weighted by molar-refractivity contribution is 6.19. The molecule has 0 heterocycles. The minimum absolute atomic E-state index is 0.0839. The van der Waals surface area contributed by atoms with Crippen LogP contribution in [0.1, 0.15) is 38.2 Å². The van der Waals surface area contributed by atoms with Crippen molar-refractivity contribution >= 4 is 11.8 Å². The van der Waals surface area contributed by atoms with E-state index in [4.69, 9.17) is 9.47 Å². The number of hydrogen-bond acceptors (Lipinski definition) is 4. The zero-order valence-electron chi connectivity index (χ0n) is 15.0. The standard InChI is InChI=1S/C21H26O4/c1-16(7-6-14-25-15-17-8-4-3-5-9-17)10-11-18-12-13-19(22)20(18)21(23)24-2/h3-9,16H,10-15H2,1-2H3/b7-6-. The first-order valence-corrected chi connectivity index (χ1v) is 8.73. The van der Waals surface area contributed by atoms with E-state index in [-0.39, 0.29) is 11.4 Å². The molecule has 1 unspecified atom stereocenters. The van der Waals surface area contributed by atoms with E-state index >= 15 is 0 Å². The molecule has 1 atom stereocenters. The first-order valence-electron chi connectivity index (χ1n) is 8.73. The Morgan fingerprint density at radius 2 is 2.00 bits per heavy atom. The number of ketones is 1. The number of Topliss-reactive ketones (excluding diaryl/α,β-unsaturated/α-hetero) is 1. The highest BCUT2D eigenvalue weighted by Crippen LogP contribution is 2.29. The molecule has 0 saturated heterocycles. The second-order valence-electron chi connectivity index (χ2n) is 6.34. The van der Waals surface area contributed by atoms with Crippen LogP contribution in [-0.4, -0.2) is 25.5 Å². The lowest BCUT2D eigenvalue weighted by Crippen LogP contribution is -2.11. The van der Waals surface area contributed by atoms with Crippen molar-refractivity contribution in [3.8, 4) is 0 Å². The van der Waals surface area contributed by atoms with Crippen LogP contribution in [0.4, 0.5) is 0 Å². The molecule has 0 N–H and O–H groups in total.